The second kappa shape index (κ2) is 8.86. The average Bonchev–Trinajstić information content (AvgIpc) is 3.02. The number of carbonyl (C=O) groups excluding carboxylic acids is 2. The van der Waals surface area contributed by atoms with E-state index in [0.717, 1.165) is 5.56 Å². The molecule has 1 aromatic heterocycles. The van der Waals surface area contributed by atoms with Crippen molar-refractivity contribution in [3.8, 4) is 0 Å². The molecule has 0 aliphatic heterocycles. The van der Waals surface area contributed by atoms with E-state index < -0.39 is 18.0 Å². The smallest absolute Gasteiger partial charge is 0.355 e. The first-order chi connectivity index (χ1) is 11.7. The molecule has 0 spiro atoms. The Hall–Kier alpha value is -2.63. The molecule has 0 saturated carbocycles. The van der Waals surface area contributed by atoms with Crippen LogP contribution in [0.2, 0.25) is 0 Å². The minimum Gasteiger partial charge on any atom is -0.463 e. The number of imidazole rings is 1. The molecule has 0 amide bonds. The van der Waals surface area contributed by atoms with E-state index in [4.69, 9.17) is 9.47 Å². The third kappa shape index (κ3) is 4.68. The van der Waals surface area contributed by atoms with Crippen LogP contribution in [0, 0.1) is 0 Å². The molecule has 1 atom stereocenters. The normalized spacial score (nSPS) is 11.8. The summed E-state index contributed by atoms with van der Waals surface area (Å²) in [6, 6.07) is 9.77. The Balaban J connectivity index is 2.24. The second-order valence-corrected chi connectivity index (χ2v) is 5.27. The third-order valence-electron chi connectivity index (χ3n) is 3.38. The Morgan fingerprint density at radius 1 is 1.21 bits per heavy atom. The van der Waals surface area contributed by atoms with Crippen LogP contribution in [0.1, 0.15) is 44.2 Å². The fourth-order valence-electron chi connectivity index (χ4n) is 2.29. The van der Waals surface area contributed by atoms with Crippen molar-refractivity contribution in [1.29, 1.82) is 0 Å². The Kier molecular flexibility index (Phi) is 6.54. The molecule has 1 aromatic carbocycles. The summed E-state index contributed by atoms with van der Waals surface area (Å²) in [6.45, 7) is 4.31. The van der Waals surface area contributed by atoms with Crippen molar-refractivity contribution < 1.29 is 19.1 Å². The van der Waals surface area contributed by atoms with Crippen LogP contribution in [-0.2, 0) is 25.6 Å². The maximum atomic E-state index is 12.2. The SMILES string of the molecule is CCCC(=O)O[C@H](C(=O)OCC)c1nccn1Cc1ccccc1. The van der Waals surface area contributed by atoms with Crippen LogP contribution in [0.4, 0.5) is 0 Å². The van der Waals surface area contributed by atoms with Crippen molar-refractivity contribution in [2.24, 2.45) is 0 Å². The molecule has 128 valence electrons. The highest BCUT2D eigenvalue weighted by molar-refractivity contribution is 5.80. The molecule has 0 saturated heterocycles. The van der Waals surface area contributed by atoms with E-state index in [-0.39, 0.29) is 13.0 Å². The van der Waals surface area contributed by atoms with E-state index in [1.165, 1.54) is 0 Å². The van der Waals surface area contributed by atoms with Crippen LogP contribution in [0.15, 0.2) is 42.7 Å². The second-order valence-electron chi connectivity index (χ2n) is 5.27. The van der Waals surface area contributed by atoms with Gasteiger partial charge in [0.25, 0.3) is 6.10 Å². The summed E-state index contributed by atoms with van der Waals surface area (Å²) in [5.41, 5.74) is 1.05. The van der Waals surface area contributed by atoms with Crippen LogP contribution >= 0.6 is 0 Å². The van der Waals surface area contributed by atoms with Crippen molar-refractivity contribution in [3.05, 3.63) is 54.1 Å². The quantitative estimate of drug-likeness (QED) is 0.696. The van der Waals surface area contributed by atoms with E-state index in [9.17, 15) is 9.59 Å². The number of esters is 2. The number of hydrogen-bond acceptors (Lipinski definition) is 5. The zero-order chi connectivity index (χ0) is 17.4. The maximum Gasteiger partial charge on any atom is 0.355 e. The van der Waals surface area contributed by atoms with Crippen LogP contribution in [0.3, 0.4) is 0 Å². The van der Waals surface area contributed by atoms with E-state index in [1.54, 1.807) is 23.9 Å². The summed E-state index contributed by atoms with van der Waals surface area (Å²) in [5.74, 6) is -0.686. The van der Waals surface area contributed by atoms with Gasteiger partial charge in [-0.3, -0.25) is 4.79 Å². The van der Waals surface area contributed by atoms with Crippen LogP contribution in [0.25, 0.3) is 0 Å². The number of hydrogen-bond donors (Lipinski definition) is 0. The molecule has 0 fully saturated rings. The van der Waals surface area contributed by atoms with E-state index in [1.807, 2.05) is 37.3 Å². The minimum absolute atomic E-state index is 0.208. The molecule has 0 bridgehead atoms. The zero-order valence-corrected chi connectivity index (χ0v) is 14.0. The van der Waals surface area contributed by atoms with Crippen molar-refractivity contribution in [1.82, 2.24) is 9.55 Å². The van der Waals surface area contributed by atoms with Crippen molar-refractivity contribution in [2.75, 3.05) is 6.61 Å². The lowest BCUT2D eigenvalue weighted by molar-refractivity contribution is -0.169. The van der Waals surface area contributed by atoms with Gasteiger partial charge in [0.05, 0.1) is 6.61 Å². The van der Waals surface area contributed by atoms with Crippen LogP contribution in [-0.4, -0.2) is 28.1 Å². The predicted octanol–water partition coefficient (Wildman–Crippen LogP) is 2.88. The number of ether oxygens (including phenoxy) is 2. The number of benzene rings is 1. The summed E-state index contributed by atoms with van der Waals surface area (Å²) >= 11 is 0. The van der Waals surface area contributed by atoms with E-state index >= 15 is 0 Å². The summed E-state index contributed by atoms with van der Waals surface area (Å²) in [7, 11) is 0. The molecule has 0 radical (unpaired) electrons. The summed E-state index contributed by atoms with van der Waals surface area (Å²) < 4.78 is 12.2. The van der Waals surface area contributed by atoms with Crippen molar-refractivity contribution in [2.45, 2.75) is 39.3 Å². The standard InChI is InChI=1S/C18H22N2O4/c1-3-8-15(21)24-16(18(22)23-4-2)17-19-11-12-20(17)13-14-9-6-5-7-10-14/h5-7,9-12,16H,3-4,8,13H2,1-2H3/t16-/m0/s1. The molecule has 0 aliphatic carbocycles. The molecule has 2 aromatic rings. The fraction of sp³-hybridized carbons (Fsp3) is 0.389. The molecule has 0 N–H and O–H groups in total. The first-order valence-electron chi connectivity index (χ1n) is 8.06. The van der Waals surface area contributed by atoms with Gasteiger partial charge >= 0.3 is 11.9 Å². The highest BCUT2D eigenvalue weighted by Gasteiger charge is 2.30. The van der Waals surface area contributed by atoms with E-state index in [0.29, 0.717) is 18.8 Å². The molecule has 6 nitrogen and oxygen atoms in total. The van der Waals surface area contributed by atoms with Gasteiger partial charge in [-0.1, -0.05) is 37.3 Å². The largest absolute Gasteiger partial charge is 0.463 e. The lowest BCUT2D eigenvalue weighted by atomic mass is 10.2. The Morgan fingerprint density at radius 3 is 2.62 bits per heavy atom. The molecule has 24 heavy (non-hydrogen) atoms. The first-order valence-corrected chi connectivity index (χ1v) is 8.06. The molecule has 2 rings (SSSR count). The molecule has 6 heteroatoms. The zero-order valence-electron chi connectivity index (χ0n) is 14.0. The van der Waals surface area contributed by atoms with Gasteiger partial charge in [0.2, 0.25) is 0 Å². The van der Waals surface area contributed by atoms with Crippen LogP contribution in [0.5, 0.6) is 0 Å². The van der Waals surface area contributed by atoms with Crippen LogP contribution < -0.4 is 0 Å². The summed E-state index contributed by atoms with van der Waals surface area (Å²) in [4.78, 5) is 28.3. The summed E-state index contributed by atoms with van der Waals surface area (Å²) in [6.07, 6.45) is 3.07. The number of carbonyl (C=O) groups is 2. The summed E-state index contributed by atoms with van der Waals surface area (Å²) in [5, 5.41) is 0. The maximum absolute atomic E-state index is 12.2. The van der Waals surface area contributed by atoms with Gasteiger partial charge in [-0.25, -0.2) is 9.78 Å². The van der Waals surface area contributed by atoms with Crippen molar-refractivity contribution >= 4 is 11.9 Å². The number of nitrogens with zero attached hydrogens (tertiary/aromatic N) is 2. The Labute approximate surface area is 141 Å². The highest BCUT2D eigenvalue weighted by Crippen LogP contribution is 2.20. The number of rotatable bonds is 8. The molecular weight excluding hydrogens is 308 g/mol. The Morgan fingerprint density at radius 2 is 1.96 bits per heavy atom. The fourth-order valence-corrected chi connectivity index (χ4v) is 2.29. The molecule has 0 unspecified atom stereocenters. The molecule has 1 heterocycles. The Bertz CT molecular complexity index is 667. The third-order valence-corrected chi connectivity index (χ3v) is 3.38. The van der Waals surface area contributed by atoms with Gasteiger partial charge in [0.1, 0.15) is 0 Å². The van der Waals surface area contributed by atoms with Gasteiger partial charge < -0.3 is 14.0 Å². The van der Waals surface area contributed by atoms with Gasteiger partial charge in [0.15, 0.2) is 5.82 Å². The molecule has 0 aliphatic rings. The topological polar surface area (TPSA) is 70.4 Å². The van der Waals surface area contributed by atoms with Gasteiger partial charge in [-0.15, -0.1) is 0 Å². The first kappa shape index (κ1) is 17.7. The van der Waals surface area contributed by atoms with Crippen molar-refractivity contribution in [3.63, 3.8) is 0 Å². The van der Waals surface area contributed by atoms with Gasteiger partial charge in [0, 0.05) is 25.4 Å². The highest BCUT2D eigenvalue weighted by atomic mass is 16.6. The molecular formula is C18H22N2O4. The monoisotopic (exact) mass is 330 g/mol. The predicted molar refractivity (Wildman–Crippen MR) is 88.1 cm³/mol. The average molecular weight is 330 g/mol. The number of aromatic nitrogens is 2. The van der Waals surface area contributed by atoms with Gasteiger partial charge in [-0.05, 0) is 18.9 Å². The lowest BCUT2D eigenvalue weighted by Crippen LogP contribution is -2.25. The minimum atomic E-state index is -1.15. The van der Waals surface area contributed by atoms with E-state index in [2.05, 4.69) is 4.98 Å². The lowest BCUT2D eigenvalue weighted by Gasteiger charge is -2.17. The van der Waals surface area contributed by atoms with Gasteiger partial charge in [-0.2, -0.15) is 0 Å².